The average Bonchev–Trinajstić information content (AvgIpc) is 3.79. The van der Waals surface area contributed by atoms with E-state index in [0.29, 0.717) is 13.2 Å². The summed E-state index contributed by atoms with van der Waals surface area (Å²) in [6.07, 6.45) is 10.8. The van der Waals surface area contributed by atoms with Crippen LogP contribution >= 0.6 is 23.1 Å². The number of hydrogen-bond donors (Lipinski definition) is 0. The molecule has 256 valence electrons. The zero-order valence-corrected chi connectivity index (χ0v) is 31.8. The van der Waals surface area contributed by atoms with Crippen LogP contribution in [-0.4, -0.2) is 56.5 Å². The van der Waals surface area contributed by atoms with Crippen LogP contribution in [0.25, 0.3) is 16.3 Å². The molecule has 0 saturated heterocycles. The van der Waals surface area contributed by atoms with Gasteiger partial charge in [-0.15, -0.1) is 0 Å². The Bertz CT molecular complexity index is 1920. The molecule has 1 aliphatic heterocycles. The Morgan fingerprint density at radius 3 is 2.35 bits per heavy atom. The number of aromatic nitrogens is 1. The standard InChI is InChI=1S/C39H45N2O5S2Si/c1-42-24-22-40-33-18-16-30(44-3)26-35(33)47-37(40)20-14-28-12-13-29(39(28)46-49(5,6)32-10-8-7-9-11-32)15-21-38-41(23-25-43-2)34-19-17-31(45-4)27-36(34)48-38/h7-11,14-21,26-27H,12-13,22-25H2,1-6H3/q+1. The van der Waals surface area contributed by atoms with Gasteiger partial charge in [-0.05, 0) is 78.7 Å². The highest BCUT2D eigenvalue weighted by Crippen LogP contribution is 2.47. The summed E-state index contributed by atoms with van der Waals surface area (Å²) in [5.41, 5.74) is 4.79. The smallest absolute Gasteiger partial charge is 0.276 e. The summed E-state index contributed by atoms with van der Waals surface area (Å²) >= 11 is 3.53. The fraction of sp³-hybridized carbons (Fsp3) is 0.308. The fourth-order valence-corrected chi connectivity index (χ4v) is 10.3. The number of fused-ring (bicyclic) bond motifs is 2. The van der Waals surface area contributed by atoms with Crippen molar-refractivity contribution in [2.24, 2.45) is 0 Å². The number of nitrogens with zero attached hydrogens (tertiary/aromatic N) is 2. The van der Waals surface area contributed by atoms with Gasteiger partial charge < -0.3 is 28.3 Å². The lowest BCUT2D eigenvalue weighted by molar-refractivity contribution is -0.670. The largest absolute Gasteiger partial charge is 0.539 e. The second-order valence-corrected chi connectivity index (χ2v) is 18.3. The quantitative estimate of drug-likeness (QED) is 0.0968. The van der Waals surface area contributed by atoms with Crippen LogP contribution in [0, 0.1) is 0 Å². The van der Waals surface area contributed by atoms with Crippen molar-refractivity contribution in [3.8, 4) is 11.5 Å². The second kappa shape index (κ2) is 15.8. The third kappa shape index (κ3) is 7.84. The molecule has 0 unspecified atom stereocenters. The maximum absolute atomic E-state index is 7.15. The number of thioether (sulfide) groups is 1. The first-order valence-corrected chi connectivity index (χ1v) is 21.1. The lowest BCUT2D eigenvalue weighted by Gasteiger charge is -2.27. The van der Waals surface area contributed by atoms with Crippen molar-refractivity contribution in [3.05, 3.63) is 112 Å². The van der Waals surface area contributed by atoms with Gasteiger partial charge in [-0.3, -0.25) is 0 Å². The first-order chi connectivity index (χ1) is 23.8. The Kier molecular flexibility index (Phi) is 11.3. The van der Waals surface area contributed by atoms with Gasteiger partial charge in [0.05, 0.1) is 31.5 Å². The van der Waals surface area contributed by atoms with Crippen LogP contribution in [0.3, 0.4) is 0 Å². The second-order valence-electron chi connectivity index (χ2n) is 12.4. The maximum atomic E-state index is 7.15. The Morgan fingerprint density at radius 2 is 1.59 bits per heavy atom. The molecule has 0 atom stereocenters. The van der Waals surface area contributed by atoms with Gasteiger partial charge in [-0.1, -0.05) is 59.5 Å². The predicted molar refractivity (Wildman–Crippen MR) is 205 cm³/mol. The molecule has 2 aliphatic rings. The van der Waals surface area contributed by atoms with Crippen molar-refractivity contribution in [3.63, 3.8) is 0 Å². The van der Waals surface area contributed by atoms with E-state index >= 15 is 0 Å². The summed E-state index contributed by atoms with van der Waals surface area (Å²) in [7, 11) is 4.63. The van der Waals surface area contributed by atoms with Crippen molar-refractivity contribution in [1.82, 2.24) is 0 Å². The summed E-state index contributed by atoms with van der Waals surface area (Å²) in [6, 6.07) is 23.2. The molecular weight excluding hydrogens is 669 g/mol. The van der Waals surface area contributed by atoms with E-state index in [4.69, 9.17) is 23.4 Å². The Hall–Kier alpha value is -3.80. The van der Waals surface area contributed by atoms with Crippen LogP contribution in [0.5, 0.6) is 11.5 Å². The zero-order chi connectivity index (χ0) is 34.4. The molecule has 10 heteroatoms. The van der Waals surface area contributed by atoms with Gasteiger partial charge >= 0.3 is 0 Å². The molecule has 0 N–H and O–H groups in total. The monoisotopic (exact) mass is 713 g/mol. The fourth-order valence-electron chi connectivity index (χ4n) is 6.15. The van der Waals surface area contributed by atoms with E-state index < -0.39 is 8.32 Å². The molecule has 0 amide bonds. The van der Waals surface area contributed by atoms with Gasteiger partial charge in [0, 0.05) is 43.9 Å². The van der Waals surface area contributed by atoms with Crippen LogP contribution in [0.2, 0.25) is 13.1 Å². The summed E-state index contributed by atoms with van der Waals surface area (Å²) in [5.74, 6) is 2.72. The maximum Gasteiger partial charge on any atom is 0.276 e. The molecule has 7 nitrogen and oxygen atoms in total. The molecule has 1 aliphatic carbocycles. The van der Waals surface area contributed by atoms with Crippen LogP contribution in [0.4, 0.5) is 5.69 Å². The van der Waals surface area contributed by atoms with Crippen molar-refractivity contribution in [2.75, 3.05) is 53.1 Å². The Balaban J connectivity index is 1.39. The van der Waals surface area contributed by atoms with Crippen LogP contribution < -0.4 is 24.1 Å². The Labute approximate surface area is 299 Å². The molecule has 0 radical (unpaired) electrons. The van der Waals surface area contributed by atoms with Crippen LogP contribution in [-0.2, 0) is 20.4 Å². The number of thiazole rings is 1. The van der Waals surface area contributed by atoms with E-state index in [1.54, 1.807) is 51.5 Å². The first kappa shape index (κ1) is 35.0. The third-order valence-corrected chi connectivity index (χ3v) is 13.5. The van der Waals surface area contributed by atoms with Gasteiger partial charge in [-0.2, -0.15) is 4.57 Å². The van der Waals surface area contributed by atoms with E-state index in [9.17, 15) is 0 Å². The molecule has 0 spiro atoms. The van der Waals surface area contributed by atoms with E-state index in [1.807, 2.05) is 12.1 Å². The lowest BCUT2D eigenvalue weighted by atomic mass is 10.2. The molecule has 3 aromatic carbocycles. The van der Waals surface area contributed by atoms with Crippen molar-refractivity contribution in [1.29, 1.82) is 0 Å². The molecule has 1 aromatic heterocycles. The lowest BCUT2D eigenvalue weighted by Crippen LogP contribution is -2.44. The van der Waals surface area contributed by atoms with Crippen molar-refractivity contribution < 1.29 is 27.9 Å². The van der Waals surface area contributed by atoms with Gasteiger partial charge in [0.1, 0.15) is 28.6 Å². The van der Waals surface area contributed by atoms with Crippen molar-refractivity contribution in [2.45, 2.75) is 37.4 Å². The number of anilines is 1. The van der Waals surface area contributed by atoms with E-state index in [2.05, 4.69) is 101 Å². The van der Waals surface area contributed by atoms with Gasteiger partial charge in [-0.25, -0.2) is 0 Å². The van der Waals surface area contributed by atoms with Gasteiger partial charge in [0.2, 0.25) is 5.52 Å². The molecule has 6 rings (SSSR count). The summed E-state index contributed by atoms with van der Waals surface area (Å²) in [5, 5.41) is 3.60. The SMILES string of the molecule is COCCN1/C(=C/C=C2\CCC(/C=C/c3sc4cc(OC)ccc4[n+]3CCOC)=C2O[Si](C)(C)c2ccccc2)Sc2cc(OC)ccc21. The predicted octanol–water partition coefficient (Wildman–Crippen LogP) is 8.07. The average molecular weight is 714 g/mol. The zero-order valence-electron chi connectivity index (χ0n) is 29.2. The summed E-state index contributed by atoms with van der Waals surface area (Å²) in [6.45, 7) is 7.37. The molecular formula is C39H45N2O5S2Si+. The normalized spacial score (nSPS) is 16.5. The van der Waals surface area contributed by atoms with Crippen molar-refractivity contribution >= 4 is 58.6 Å². The van der Waals surface area contributed by atoms with Gasteiger partial charge in [0.25, 0.3) is 13.3 Å². The minimum absolute atomic E-state index is 0.634. The highest BCUT2D eigenvalue weighted by atomic mass is 32.2. The minimum Gasteiger partial charge on any atom is -0.539 e. The molecule has 0 bridgehead atoms. The third-order valence-electron chi connectivity index (χ3n) is 8.84. The number of allylic oxidation sites excluding steroid dienone is 5. The molecule has 4 aromatic rings. The van der Waals surface area contributed by atoms with E-state index in [0.717, 1.165) is 53.2 Å². The number of methoxy groups -OCH3 is 4. The highest BCUT2D eigenvalue weighted by molar-refractivity contribution is 8.03. The first-order valence-electron chi connectivity index (χ1n) is 16.5. The highest BCUT2D eigenvalue weighted by Gasteiger charge is 2.32. The van der Waals surface area contributed by atoms with E-state index in [-0.39, 0.29) is 0 Å². The number of ether oxygens (including phenoxy) is 4. The number of rotatable bonds is 14. The van der Waals surface area contributed by atoms with E-state index in [1.165, 1.54) is 37.1 Å². The summed E-state index contributed by atoms with van der Waals surface area (Å²) < 4.78 is 32.7. The molecule has 49 heavy (non-hydrogen) atoms. The number of benzene rings is 3. The molecule has 2 heterocycles. The number of hydrogen-bond acceptors (Lipinski definition) is 8. The van der Waals surface area contributed by atoms with Gasteiger partial charge in [0.15, 0.2) is 6.54 Å². The molecule has 0 saturated carbocycles. The van der Waals surface area contributed by atoms with Crippen LogP contribution in [0.1, 0.15) is 17.8 Å². The molecule has 0 fully saturated rings. The summed E-state index contributed by atoms with van der Waals surface area (Å²) in [4.78, 5) is 3.51. The topological polar surface area (TPSA) is 53.3 Å². The Morgan fingerprint density at radius 1 is 0.837 bits per heavy atom. The minimum atomic E-state index is -2.29. The van der Waals surface area contributed by atoms with Crippen LogP contribution in [0.15, 0.2) is 112 Å².